The molecule has 0 unspecified atom stereocenters. The first-order valence-corrected chi connectivity index (χ1v) is 6.23. The van der Waals surface area contributed by atoms with Crippen LogP contribution in [0.3, 0.4) is 0 Å². The van der Waals surface area contributed by atoms with Gasteiger partial charge in [-0.15, -0.1) is 0 Å². The molecule has 1 aliphatic heterocycles. The van der Waals surface area contributed by atoms with E-state index in [2.05, 4.69) is 42.8 Å². The quantitative estimate of drug-likeness (QED) is 0.758. The molecule has 1 fully saturated rings. The van der Waals surface area contributed by atoms with Crippen molar-refractivity contribution in [2.75, 3.05) is 13.1 Å². The van der Waals surface area contributed by atoms with Crippen molar-refractivity contribution >= 4 is 0 Å². The average molecular weight is 218 g/mol. The van der Waals surface area contributed by atoms with Crippen molar-refractivity contribution in [2.24, 2.45) is 0 Å². The molecule has 0 atom stereocenters. The van der Waals surface area contributed by atoms with Gasteiger partial charge in [0.25, 0.3) is 0 Å². The van der Waals surface area contributed by atoms with Gasteiger partial charge in [0.05, 0.1) is 5.69 Å². The smallest absolute Gasteiger partial charge is 0.0546 e. The number of hydrogen-bond acceptors (Lipinski definition) is 2. The SMILES string of the molecule is CC(C)(C)c1ccnc(CN2CCCC2)c1. The third-order valence-corrected chi connectivity index (χ3v) is 3.27. The summed E-state index contributed by atoms with van der Waals surface area (Å²) in [5, 5.41) is 0. The maximum atomic E-state index is 4.47. The molecule has 1 aromatic heterocycles. The van der Waals surface area contributed by atoms with Crippen LogP contribution in [0, 0.1) is 0 Å². The molecule has 1 saturated heterocycles. The van der Waals surface area contributed by atoms with Gasteiger partial charge in [-0.25, -0.2) is 0 Å². The zero-order valence-electron chi connectivity index (χ0n) is 10.7. The summed E-state index contributed by atoms with van der Waals surface area (Å²) in [5.74, 6) is 0. The van der Waals surface area contributed by atoms with E-state index >= 15 is 0 Å². The van der Waals surface area contributed by atoms with Crippen LogP contribution in [0.4, 0.5) is 0 Å². The van der Waals surface area contributed by atoms with Gasteiger partial charge < -0.3 is 0 Å². The molecule has 0 aromatic carbocycles. The Morgan fingerprint density at radius 1 is 1.25 bits per heavy atom. The summed E-state index contributed by atoms with van der Waals surface area (Å²) in [6.07, 6.45) is 4.64. The van der Waals surface area contributed by atoms with Crippen LogP contribution >= 0.6 is 0 Å². The minimum absolute atomic E-state index is 0.225. The number of pyridine rings is 1. The number of rotatable bonds is 2. The summed E-state index contributed by atoms with van der Waals surface area (Å²) in [6.45, 7) is 10.2. The van der Waals surface area contributed by atoms with Gasteiger partial charge in [0, 0.05) is 12.7 Å². The van der Waals surface area contributed by atoms with Crippen molar-refractivity contribution in [3.05, 3.63) is 29.6 Å². The van der Waals surface area contributed by atoms with Crippen molar-refractivity contribution in [1.82, 2.24) is 9.88 Å². The normalized spacial score (nSPS) is 17.9. The fourth-order valence-corrected chi connectivity index (χ4v) is 2.20. The highest BCUT2D eigenvalue weighted by atomic mass is 15.1. The maximum Gasteiger partial charge on any atom is 0.0546 e. The van der Waals surface area contributed by atoms with E-state index < -0.39 is 0 Å². The van der Waals surface area contributed by atoms with Gasteiger partial charge in [-0.2, -0.15) is 0 Å². The van der Waals surface area contributed by atoms with Crippen LogP contribution in [0.15, 0.2) is 18.3 Å². The molecule has 2 heterocycles. The van der Waals surface area contributed by atoms with Crippen LogP contribution in [0.25, 0.3) is 0 Å². The lowest BCUT2D eigenvalue weighted by Crippen LogP contribution is -2.20. The van der Waals surface area contributed by atoms with Crippen molar-refractivity contribution < 1.29 is 0 Å². The molecular weight excluding hydrogens is 196 g/mol. The molecule has 1 aromatic rings. The molecule has 0 N–H and O–H groups in total. The molecule has 88 valence electrons. The van der Waals surface area contributed by atoms with E-state index in [1.165, 1.54) is 37.2 Å². The van der Waals surface area contributed by atoms with Crippen LogP contribution in [-0.2, 0) is 12.0 Å². The molecule has 0 bridgehead atoms. The van der Waals surface area contributed by atoms with E-state index in [0.717, 1.165) is 6.54 Å². The van der Waals surface area contributed by atoms with E-state index in [1.807, 2.05) is 6.20 Å². The fourth-order valence-electron chi connectivity index (χ4n) is 2.20. The molecule has 0 radical (unpaired) electrons. The Bertz CT molecular complexity index is 346. The van der Waals surface area contributed by atoms with Crippen LogP contribution in [0.1, 0.15) is 44.9 Å². The number of nitrogens with zero attached hydrogens (tertiary/aromatic N) is 2. The summed E-state index contributed by atoms with van der Waals surface area (Å²) in [7, 11) is 0. The monoisotopic (exact) mass is 218 g/mol. The summed E-state index contributed by atoms with van der Waals surface area (Å²) in [5.41, 5.74) is 2.83. The Morgan fingerprint density at radius 2 is 1.94 bits per heavy atom. The number of hydrogen-bond donors (Lipinski definition) is 0. The van der Waals surface area contributed by atoms with Crippen LogP contribution in [0.2, 0.25) is 0 Å². The number of aromatic nitrogens is 1. The Labute approximate surface area is 98.7 Å². The topological polar surface area (TPSA) is 16.1 Å². The summed E-state index contributed by atoms with van der Waals surface area (Å²) >= 11 is 0. The molecule has 0 saturated carbocycles. The van der Waals surface area contributed by atoms with E-state index in [4.69, 9.17) is 0 Å². The van der Waals surface area contributed by atoms with E-state index in [-0.39, 0.29) is 5.41 Å². The fraction of sp³-hybridized carbons (Fsp3) is 0.643. The van der Waals surface area contributed by atoms with Crippen molar-refractivity contribution in [3.63, 3.8) is 0 Å². The molecular formula is C14H22N2. The Hall–Kier alpha value is -0.890. The largest absolute Gasteiger partial charge is 0.298 e. The van der Waals surface area contributed by atoms with Crippen molar-refractivity contribution in [2.45, 2.75) is 45.6 Å². The zero-order valence-corrected chi connectivity index (χ0v) is 10.7. The molecule has 0 amide bonds. The predicted octanol–water partition coefficient (Wildman–Crippen LogP) is 2.97. The zero-order chi connectivity index (χ0) is 11.6. The second kappa shape index (κ2) is 4.54. The van der Waals surface area contributed by atoms with Gasteiger partial charge in [0.2, 0.25) is 0 Å². The van der Waals surface area contributed by atoms with Gasteiger partial charge in [0.15, 0.2) is 0 Å². The lowest BCUT2D eigenvalue weighted by Gasteiger charge is -2.20. The maximum absolute atomic E-state index is 4.47. The lowest BCUT2D eigenvalue weighted by atomic mass is 9.87. The Kier molecular flexibility index (Phi) is 3.29. The summed E-state index contributed by atoms with van der Waals surface area (Å²) < 4.78 is 0. The van der Waals surface area contributed by atoms with Crippen LogP contribution in [0.5, 0.6) is 0 Å². The van der Waals surface area contributed by atoms with Crippen molar-refractivity contribution in [3.8, 4) is 0 Å². The molecule has 2 heteroatoms. The van der Waals surface area contributed by atoms with Gasteiger partial charge in [-0.3, -0.25) is 9.88 Å². The highest BCUT2D eigenvalue weighted by Crippen LogP contribution is 2.22. The lowest BCUT2D eigenvalue weighted by molar-refractivity contribution is 0.327. The molecule has 0 aliphatic carbocycles. The highest BCUT2D eigenvalue weighted by Gasteiger charge is 2.16. The van der Waals surface area contributed by atoms with Gasteiger partial charge >= 0.3 is 0 Å². The van der Waals surface area contributed by atoms with Gasteiger partial charge in [-0.05, 0) is 49.0 Å². The highest BCUT2D eigenvalue weighted by molar-refractivity contribution is 5.23. The molecule has 16 heavy (non-hydrogen) atoms. The van der Waals surface area contributed by atoms with Crippen molar-refractivity contribution in [1.29, 1.82) is 0 Å². The summed E-state index contributed by atoms with van der Waals surface area (Å²) in [4.78, 5) is 6.97. The third-order valence-electron chi connectivity index (χ3n) is 3.27. The molecule has 2 nitrogen and oxygen atoms in total. The second-order valence-electron chi connectivity index (χ2n) is 5.77. The first-order chi connectivity index (χ1) is 7.55. The van der Waals surface area contributed by atoms with E-state index in [1.54, 1.807) is 0 Å². The molecule has 1 aliphatic rings. The third kappa shape index (κ3) is 2.82. The first-order valence-electron chi connectivity index (χ1n) is 6.23. The van der Waals surface area contributed by atoms with E-state index in [0.29, 0.717) is 0 Å². The minimum atomic E-state index is 0.225. The summed E-state index contributed by atoms with van der Waals surface area (Å²) in [6, 6.07) is 4.39. The Balaban J connectivity index is 2.09. The Morgan fingerprint density at radius 3 is 2.56 bits per heavy atom. The average Bonchev–Trinajstić information content (AvgIpc) is 2.70. The predicted molar refractivity (Wildman–Crippen MR) is 67.4 cm³/mol. The van der Waals surface area contributed by atoms with Crippen LogP contribution in [-0.4, -0.2) is 23.0 Å². The van der Waals surface area contributed by atoms with Crippen LogP contribution < -0.4 is 0 Å². The van der Waals surface area contributed by atoms with E-state index in [9.17, 15) is 0 Å². The molecule has 2 rings (SSSR count). The first kappa shape index (κ1) is 11.6. The van der Waals surface area contributed by atoms with Gasteiger partial charge in [0.1, 0.15) is 0 Å². The second-order valence-corrected chi connectivity index (χ2v) is 5.77. The standard InChI is InChI=1S/C14H22N2/c1-14(2,3)12-6-7-15-13(10-12)11-16-8-4-5-9-16/h6-7,10H,4-5,8-9,11H2,1-3H3. The molecule has 0 spiro atoms. The minimum Gasteiger partial charge on any atom is -0.298 e. The van der Waals surface area contributed by atoms with Gasteiger partial charge in [-0.1, -0.05) is 20.8 Å². The number of likely N-dealkylation sites (tertiary alicyclic amines) is 1.